The first-order valence-corrected chi connectivity index (χ1v) is 8.67. The second-order valence-electron chi connectivity index (χ2n) is 4.39. The molecule has 1 aromatic heterocycles. The highest BCUT2D eigenvalue weighted by molar-refractivity contribution is 7.91. The first kappa shape index (κ1) is 14.9. The van der Waals surface area contributed by atoms with E-state index in [9.17, 15) is 8.42 Å². The molecule has 2 rings (SSSR count). The largest absolute Gasteiger partial charge is 0.389 e. The quantitative estimate of drug-likeness (QED) is 0.794. The van der Waals surface area contributed by atoms with E-state index in [1.54, 1.807) is 6.07 Å². The number of thiophene rings is 1. The minimum Gasteiger partial charge on any atom is -0.389 e. The minimum atomic E-state index is -3.46. The topological polar surface area (TPSA) is 81.4 Å². The molecular weight excluding hydrogens is 304 g/mol. The lowest BCUT2D eigenvalue weighted by Crippen LogP contribution is -2.31. The molecule has 1 aliphatic rings. The van der Waals surface area contributed by atoms with Gasteiger partial charge in [-0.25, -0.2) is 13.1 Å². The Morgan fingerprint density at radius 3 is 2.74 bits per heavy atom. The summed E-state index contributed by atoms with van der Waals surface area (Å²) in [5.74, 6) is 0.346. The van der Waals surface area contributed by atoms with Gasteiger partial charge in [0.1, 0.15) is 9.20 Å². The van der Waals surface area contributed by atoms with E-state index < -0.39 is 10.0 Å². The van der Waals surface area contributed by atoms with Crippen LogP contribution in [0, 0.1) is 5.92 Å². The standard InChI is InChI=1S/C11H16N2O3S3/c12-11(17)9-1-2-10(18-9)19(14,15)13-7-8-3-5-16-6-4-8/h1-2,8,13H,3-7H2,(H2,12,17). The van der Waals surface area contributed by atoms with Crippen molar-refractivity contribution in [2.45, 2.75) is 17.1 Å². The Hall–Kier alpha value is -0.540. The molecule has 106 valence electrons. The third kappa shape index (κ3) is 3.96. The number of rotatable bonds is 5. The highest BCUT2D eigenvalue weighted by Crippen LogP contribution is 2.22. The molecule has 1 aliphatic heterocycles. The third-order valence-electron chi connectivity index (χ3n) is 2.99. The van der Waals surface area contributed by atoms with Crippen molar-refractivity contribution < 1.29 is 13.2 Å². The highest BCUT2D eigenvalue weighted by Gasteiger charge is 2.20. The maximum absolute atomic E-state index is 12.1. The van der Waals surface area contributed by atoms with Crippen molar-refractivity contribution in [2.24, 2.45) is 11.7 Å². The van der Waals surface area contributed by atoms with Gasteiger partial charge in [0.25, 0.3) is 0 Å². The van der Waals surface area contributed by atoms with Gasteiger partial charge in [-0.05, 0) is 30.9 Å². The fraction of sp³-hybridized carbons (Fsp3) is 0.545. The fourth-order valence-electron chi connectivity index (χ4n) is 1.85. The molecule has 0 bridgehead atoms. The van der Waals surface area contributed by atoms with E-state index in [1.165, 1.54) is 6.07 Å². The Morgan fingerprint density at radius 2 is 2.16 bits per heavy atom. The van der Waals surface area contributed by atoms with Gasteiger partial charge in [-0.2, -0.15) is 0 Å². The summed E-state index contributed by atoms with van der Waals surface area (Å²) in [5.41, 5.74) is 5.47. The van der Waals surface area contributed by atoms with Crippen molar-refractivity contribution in [1.29, 1.82) is 0 Å². The van der Waals surface area contributed by atoms with Crippen molar-refractivity contribution in [3.05, 3.63) is 17.0 Å². The SMILES string of the molecule is NC(=S)c1ccc(S(=O)(=O)NCC2CCOCC2)s1. The van der Waals surface area contributed by atoms with Crippen LogP contribution in [0.2, 0.25) is 0 Å². The van der Waals surface area contributed by atoms with Gasteiger partial charge in [0, 0.05) is 19.8 Å². The predicted molar refractivity (Wildman–Crippen MR) is 78.9 cm³/mol. The molecule has 8 heteroatoms. The second kappa shape index (κ2) is 6.27. The van der Waals surface area contributed by atoms with Gasteiger partial charge in [0.2, 0.25) is 10.0 Å². The molecule has 0 aromatic carbocycles. The van der Waals surface area contributed by atoms with E-state index >= 15 is 0 Å². The van der Waals surface area contributed by atoms with Gasteiger partial charge in [0.15, 0.2) is 0 Å². The summed E-state index contributed by atoms with van der Waals surface area (Å²) in [6.07, 6.45) is 1.79. The molecule has 1 fully saturated rings. The number of sulfonamides is 1. The maximum Gasteiger partial charge on any atom is 0.250 e. The summed E-state index contributed by atoms with van der Waals surface area (Å²) in [4.78, 5) is 0.831. The van der Waals surface area contributed by atoms with Gasteiger partial charge in [-0.15, -0.1) is 11.3 Å². The van der Waals surface area contributed by atoms with Crippen LogP contribution in [0.3, 0.4) is 0 Å². The van der Waals surface area contributed by atoms with E-state index in [-0.39, 0.29) is 9.20 Å². The van der Waals surface area contributed by atoms with Crippen LogP contribution < -0.4 is 10.5 Å². The number of nitrogens with one attached hydrogen (secondary N) is 1. The summed E-state index contributed by atoms with van der Waals surface area (Å²) in [6, 6.07) is 3.17. The van der Waals surface area contributed by atoms with Crippen molar-refractivity contribution >= 4 is 38.6 Å². The van der Waals surface area contributed by atoms with Gasteiger partial charge < -0.3 is 10.5 Å². The number of ether oxygens (including phenoxy) is 1. The Bertz CT molecular complexity index is 547. The number of hydrogen-bond acceptors (Lipinski definition) is 5. The minimum absolute atomic E-state index is 0.218. The molecule has 0 spiro atoms. The monoisotopic (exact) mass is 320 g/mol. The van der Waals surface area contributed by atoms with Crippen LogP contribution in [-0.2, 0) is 14.8 Å². The molecule has 0 unspecified atom stereocenters. The molecule has 0 atom stereocenters. The summed E-state index contributed by atoms with van der Waals surface area (Å²) >= 11 is 5.92. The summed E-state index contributed by atoms with van der Waals surface area (Å²) < 4.78 is 32.3. The summed E-state index contributed by atoms with van der Waals surface area (Å²) in [6.45, 7) is 1.86. The van der Waals surface area contributed by atoms with E-state index in [1.807, 2.05) is 0 Å². The zero-order valence-corrected chi connectivity index (χ0v) is 12.7. The molecule has 0 aliphatic carbocycles. The van der Waals surface area contributed by atoms with Crippen molar-refractivity contribution in [1.82, 2.24) is 4.72 Å². The van der Waals surface area contributed by atoms with Crippen LogP contribution in [0.4, 0.5) is 0 Å². The van der Waals surface area contributed by atoms with Gasteiger partial charge in [-0.3, -0.25) is 0 Å². The van der Waals surface area contributed by atoms with Crippen molar-refractivity contribution in [2.75, 3.05) is 19.8 Å². The Balaban J connectivity index is 1.98. The summed E-state index contributed by atoms with van der Waals surface area (Å²) in [5, 5.41) is 0. The van der Waals surface area contributed by atoms with Crippen LogP contribution in [0.1, 0.15) is 17.7 Å². The first-order chi connectivity index (χ1) is 8.99. The van der Waals surface area contributed by atoms with Crippen LogP contribution in [0.15, 0.2) is 16.3 Å². The summed E-state index contributed by atoms with van der Waals surface area (Å²) in [7, 11) is -3.46. The molecular formula is C11H16N2O3S3. The Labute approximate surface area is 122 Å². The zero-order valence-electron chi connectivity index (χ0n) is 10.3. The van der Waals surface area contributed by atoms with Gasteiger partial charge in [-0.1, -0.05) is 12.2 Å². The van der Waals surface area contributed by atoms with Crippen molar-refractivity contribution in [3.8, 4) is 0 Å². The molecule has 19 heavy (non-hydrogen) atoms. The molecule has 3 N–H and O–H groups in total. The van der Waals surface area contributed by atoms with Crippen molar-refractivity contribution in [3.63, 3.8) is 0 Å². The van der Waals surface area contributed by atoms with E-state index in [0.29, 0.717) is 30.6 Å². The van der Waals surface area contributed by atoms with E-state index in [4.69, 9.17) is 22.7 Å². The van der Waals surface area contributed by atoms with Crippen LogP contribution in [0.5, 0.6) is 0 Å². The maximum atomic E-state index is 12.1. The molecule has 1 saturated heterocycles. The Morgan fingerprint density at radius 1 is 1.47 bits per heavy atom. The smallest absolute Gasteiger partial charge is 0.250 e. The molecule has 0 saturated carbocycles. The third-order valence-corrected chi connectivity index (χ3v) is 6.38. The van der Waals surface area contributed by atoms with E-state index in [0.717, 1.165) is 24.2 Å². The second-order valence-corrected chi connectivity index (χ2v) is 7.91. The van der Waals surface area contributed by atoms with Crippen LogP contribution >= 0.6 is 23.6 Å². The predicted octanol–water partition coefficient (Wildman–Crippen LogP) is 1.09. The zero-order chi connectivity index (χ0) is 13.9. The number of hydrogen-bond donors (Lipinski definition) is 2. The lowest BCUT2D eigenvalue weighted by molar-refractivity contribution is 0.0678. The molecule has 2 heterocycles. The first-order valence-electron chi connectivity index (χ1n) is 5.96. The van der Waals surface area contributed by atoms with Crippen LogP contribution in [-0.4, -0.2) is 33.2 Å². The number of thiocarbonyl (C=S) groups is 1. The normalized spacial score (nSPS) is 17.5. The van der Waals surface area contributed by atoms with E-state index in [2.05, 4.69) is 4.72 Å². The fourth-order valence-corrected chi connectivity index (χ4v) is 4.36. The molecule has 0 amide bonds. The highest BCUT2D eigenvalue weighted by atomic mass is 32.2. The average Bonchev–Trinajstić information content (AvgIpc) is 2.88. The molecule has 5 nitrogen and oxygen atoms in total. The molecule has 1 aromatic rings. The van der Waals surface area contributed by atoms with Crippen LogP contribution in [0.25, 0.3) is 0 Å². The molecule has 0 radical (unpaired) electrons. The van der Waals surface area contributed by atoms with Gasteiger partial charge in [0.05, 0.1) is 4.88 Å². The Kier molecular flexibility index (Phi) is 4.91. The average molecular weight is 320 g/mol. The lowest BCUT2D eigenvalue weighted by Gasteiger charge is -2.21. The number of nitrogens with two attached hydrogens (primary N) is 1. The lowest BCUT2D eigenvalue weighted by atomic mass is 10.0. The van der Waals surface area contributed by atoms with Gasteiger partial charge >= 0.3 is 0 Å².